The highest BCUT2D eigenvalue weighted by Gasteiger charge is 2.31. The molecule has 1 amide bonds. The summed E-state index contributed by atoms with van der Waals surface area (Å²) >= 11 is 0. The minimum Gasteiger partial charge on any atom is -0.406 e. The quantitative estimate of drug-likeness (QED) is 0.520. The summed E-state index contributed by atoms with van der Waals surface area (Å²) in [4.78, 5) is 11.7. The van der Waals surface area contributed by atoms with Crippen LogP contribution in [-0.4, -0.2) is 33.3 Å². The minimum absolute atomic E-state index is 0.102. The van der Waals surface area contributed by atoms with Gasteiger partial charge in [-0.15, -0.1) is 13.2 Å². The van der Waals surface area contributed by atoms with Crippen LogP contribution in [0.25, 0.3) is 0 Å². The fourth-order valence-corrected chi connectivity index (χ4v) is 3.54. The standard InChI is InChI=1S/C21H25F3N2O5S/c1-15(2)30-14-17-5-3-16(4-6-17)13-25-20(27)11-12-26-32(28,29)19-9-7-18(8-10-19)31-21(22,23)24/h3-10,15,26H,11-14H2,1-2H3,(H,25,27). The van der Waals surface area contributed by atoms with E-state index in [1.165, 1.54) is 0 Å². The van der Waals surface area contributed by atoms with E-state index >= 15 is 0 Å². The third-order valence-corrected chi connectivity index (χ3v) is 5.58. The van der Waals surface area contributed by atoms with Crippen molar-refractivity contribution in [3.8, 4) is 5.75 Å². The van der Waals surface area contributed by atoms with Crippen LogP contribution in [0, 0.1) is 0 Å². The van der Waals surface area contributed by atoms with Crippen LogP contribution >= 0.6 is 0 Å². The SMILES string of the molecule is CC(C)OCc1ccc(CNC(=O)CCNS(=O)(=O)c2ccc(OC(F)(F)F)cc2)cc1. The molecule has 0 aliphatic heterocycles. The third-order valence-electron chi connectivity index (χ3n) is 4.11. The van der Waals surface area contributed by atoms with Crippen LogP contribution in [0.15, 0.2) is 53.4 Å². The molecule has 176 valence electrons. The maximum Gasteiger partial charge on any atom is 0.573 e. The topological polar surface area (TPSA) is 93.7 Å². The summed E-state index contributed by atoms with van der Waals surface area (Å²) in [5.74, 6) is -0.884. The van der Waals surface area contributed by atoms with Crippen molar-refractivity contribution in [2.24, 2.45) is 0 Å². The summed E-state index contributed by atoms with van der Waals surface area (Å²) in [6.45, 7) is 4.53. The molecule has 0 aliphatic rings. The predicted octanol–water partition coefficient (Wildman–Crippen LogP) is 3.50. The van der Waals surface area contributed by atoms with Crippen molar-refractivity contribution < 1.29 is 35.9 Å². The van der Waals surface area contributed by atoms with Crippen molar-refractivity contribution in [2.75, 3.05) is 6.54 Å². The Balaban J connectivity index is 1.76. The normalized spacial score (nSPS) is 12.1. The maximum atomic E-state index is 12.2. The molecule has 2 rings (SSSR count). The van der Waals surface area contributed by atoms with Gasteiger partial charge in [0, 0.05) is 19.5 Å². The summed E-state index contributed by atoms with van der Waals surface area (Å²) in [6.07, 6.45) is -4.83. The van der Waals surface area contributed by atoms with Gasteiger partial charge in [-0.2, -0.15) is 0 Å². The number of benzene rings is 2. The van der Waals surface area contributed by atoms with E-state index in [9.17, 15) is 26.4 Å². The number of nitrogens with one attached hydrogen (secondary N) is 2. The molecule has 0 saturated carbocycles. The smallest absolute Gasteiger partial charge is 0.406 e. The van der Waals surface area contributed by atoms with Crippen LogP contribution in [0.2, 0.25) is 0 Å². The number of carbonyl (C=O) groups excluding carboxylic acids is 1. The number of hydrogen-bond acceptors (Lipinski definition) is 5. The molecule has 0 bridgehead atoms. The maximum absolute atomic E-state index is 12.2. The van der Waals surface area contributed by atoms with Gasteiger partial charge in [0.15, 0.2) is 0 Å². The van der Waals surface area contributed by atoms with Crippen LogP contribution in [0.4, 0.5) is 13.2 Å². The first-order valence-corrected chi connectivity index (χ1v) is 11.2. The van der Waals surface area contributed by atoms with E-state index in [-0.39, 0.29) is 36.4 Å². The van der Waals surface area contributed by atoms with Crippen LogP contribution in [-0.2, 0) is 32.7 Å². The summed E-state index contributed by atoms with van der Waals surface area (Å²) in [7, 11) is -3.98. The van der Waals surface area contributed by atoms with E-state index in [1.807, 2.05) is 38.1 Å². The summed E-state index contributed by atoms with van der Waals surface area (Å²) in [6, 6.07) is 11.3. The minimum atomic E-state index is -4.86. The van der Waals surface area contributed by atoms with Gasteiger partial charge in [0.05, 0.1) is 17.6 Å². The monoisotopic (exact) mass is 474 g/mol. The summed E-state index contributed by atoms with van der Waals surface area (Å²) in [5.41, 5.74) is 1.90. The lowest BCUT2D eigenvalue weighted by Crippen LogP contribution is -2.30. The molecule has 0 fully saturated rings. The molecule has 0 unspecified atom stereocenters. The van der Waals surface area contributed by atoms with E-state index < -0.39 is 22.1 Å². The van der Waals surface area contributed by atoms with Gasteiger partial charge in [0.1, 0.15) is 5.75 Å². The molecule has 0 heterocycles. The Labute approximate surface area is 185 Å². The molecule has 2 aromatic rings. The number of alkyl halides is 3. The third kappa shape index (κ3) is 9.25. The molecule has 2 N–H and O–H groups in total. The fourth-order valence-electron chi connectivity index (χ4n) is 2.51. The van der Waals surface area contributed by atoms with E-state index in [4.69, 9.17) is 4.74 Å². The second-order valence-corrected chi connectivity index (χ2v) is 8.89. The highest BCUT2D eigenvalue weighted by molar-refractivity contribution is 7.89. The van der Waals surface area contributed by atoms with E-state index in [2.05, 4.69) is 14.8 Å². The Morgan fingerprint density at radius 1 is 1.00 bits per heavy atom. The first kappa shape index (κ1) is 25.6. The highest BCUT2D eigenvalue weighted by atomic mass is 32.2. The van der Waals surface area contributed by atoms with Gasteiger partial charge in [-0.1, -0.05) is 24.3 Å². The zero-order valence-corrected chi connectivity index (χ0v) is 18.4. The van der Waals surface area contributed by atoms with Crippen LogP contribution < -0.4 is 14.8 Å². The number of carbonyl (C=O) groups is 1. The average Bonchev–Trinajstić information content (AvgIpc) is 2.70. The predicted molar refractivity (Wildman–Crippen MR) is 111 cm³/mol. The van der Waals surface area contributed by atoms with Crippen molar-refractivity contribution in [3.05, 3.63) is 59.7 Å². The number of sulfonamides is 1. The lowest BCUT2D eigenvalue weighted by Gasteiger charge is -2.11. The molecular formula is C21H25F3N2O5S. The summed E-state index contributed by atoms with van der Waals surface area (Å²) < 4.78 is 72.4. The van der Waals surface area contributed by atoms with Gasteiger partial charge in [0.25, 0.3) is 0 Å². The van der Waals surface area contributed by atoms with Crippen LogP contribution in [0.3, 0.4) is 0 Å². The first-order chi connectivity index (χ1) is 14.9. The molecule has 0 atom stereocenters. The number of halogens is 3. The second kappa shape index (κ2) is 11.3. The molecule has 0 aliphatic carbocycles. The first-order valence-electron chi connectivity index (χ1n) is 9.76. The molecule has 0 spiro atoms. The Morgan fingerprint density at radius 2 is 1.59 bits per heavy atom. The fraction of sp³-hybridized carbons (Fsp3) is 0.381. The van der Waals surface area contributed by atoms with Gasteiger partial charge in [-0.3, -0.25) is 4.79 Å². The molecular weight excluding hydrogens is 449 g/mol. The Kier molecular flexibility index (Phi) is 9.05. The Hall–Kier alpha value is -2.63. The zero-order chi connectivity index (χ0) is 23.8. The van der Waals surface area contributed by atoms with Gasteiger partial charge in [-0.05, 0) is 49.2 Å². The van der Waals surface area contributed by atoms with Gasteiger partial charge >= 0.3 is 6.36 Å². The Morgan fingerprint density at radius 3 is 2.16 bits per heavy atom. The number of amides is 1. The van der Waals surface area contributed by atoms with Crippen molar-refractivity contribution >= 4 is 15.9 Å². The molecule has 0 radical (unpaired) electrons. The molecule has 2 aromatic carbocycles. The molecule has 0 saturated heterocycles. The number of hydrogen-bond donors (Lipinski definition) is 2. The number of ether oxygens (including phenoxy) is 2. The van der Waals surface area contributed by atoms with Crippen molar-refractivity contribution in [1.82, 2.24) is 10.0 Å². The summed E-state index contributed by atoms with van der Waals surface area (Å²) in [5, 5.41) is 2.70. The lowest BCUT2D eigenvalue weighted by atomic mass is 10.1. The Bertz CT molecular complexity index is 976. The van der Waals surface area contributed by atoms with E-state index in [1.54, 1.807) is 0 Å². The van der Waals surface area contributed by atoms with Gasteiger partial charge in [-0.25, -0.2) is 13.1 Å². The van der Waals surface area contributed by atoms with Crippen molar-refractivity contribution in [2.45, 2.75) is 50.8 Å². The van der Waals surface area contributed by atoms with Crippen LogP contribution in [0.5, 0.6) is 5.75 Å². The van der Waals surface area contributed by atoms with Crippen molar-refractivity contribution in [1.29, 1.82) is 0 Å². The molecule has 0 aromatic heterocycles. The largest absolute Gasteiger partial charge is 0.573 e. The zero-order valence-electron chi connectivity index (χ0n) is 17.6. The lowest BCUT2D eigenvalue weighted by molar-refractivity contribution is -0.274. The highest BCUT2D eigenvalue weighted by Crippen LogP contribution is 2.23. The molecule has 11 heteroatoms. The van der Waals surface area contributed by atoms with Gasteiger partial charge < -0.3 is 14.8 Å². The van der Waals surface area contributed by atoms with E-state index in [0.717, 1.165) is 35.4 Å². The van der Waals surface area contributed by atoms with Crippen LogP contribution in [0.1, 0.15) is 31.4 Å². The average molecular weight is 475 g/mol. The number of rotatable bonds is 11. The van der Waals surface area contributed by atoms with E-state index in [0.29, 0.717) is 6.61 Å². The second-order valence-electron chi connectivity index (χ2n) is 7.12. The van der Waals surface area contributed by atoms with Crippen molar-refractivity contribution in [3.63, 3.8) is 0 Å². The molecule has 32 heavy (non-hydrogen) atoms. The van der Waals surface area contributed by atoms with Gasteiger partial charge in [0.2, 0.25) is 15.9 Å². The molecule has 7 nitrogen and oxygen atoms in total.